The van der Waals surface area contributed by atoms with Crippen LogP contribution in [0.5, 0.6) is 0 Å². The van der Waals surface area contributed by atoms with Gasteiger partial charge in [0.15, 0.2) is 0 Å². The predicted octanol–water partition coefficient (Wildman–Crippen LogP) is 6.58. The van der Waals surface area contributed by atoms with E-state index >= 15 is 0 Å². The van der Waals surface area contributed by atoms with E-state index in [0.717, 1.165) is 21.9 Å². The molecule has 8 rings (SSSR count). The number of pyridine rings is 4. The maximum atomic E-state index is 13.1. The minimum absolute atomic E-state index is 0.206. The van der Waals surface area contributed by atoms with Crippen LogP contribution in [0.25, 0.3) is 55.7 Å². The molecule has 8 heteroatoms. The lowest BCUT2D eigenvalue weighted by atomic mass is 10.1. The summed E-state index contributed by atoms with van der Waals surface area (Å²) in [4.78, 5) is 26.2. The van der Waals surface area contributed by atoms with Crippen LogP contribution in [0, 0.1) is 10.4 Å². The Bertz CT molecular complexity index is 2350. The highest BCUT2D eigenvalue weighted by molar-refractivity contribution is 5.87. The van der Waals surface area contributed by atoms with Gasteiger partial charge >= 0.3 is 11.1 Å². The molecular formula is C40H28N4O4. The average molecular weight is 629 g/mol. The summed E-state index contributed by atoms with van der Waals surface area (Å²) in [5, 5.41) is 27.4. The summed E-state index contributed by atoms with van der Waals surface area (Å²) in [5.74, 6) is 0.569. The summed E-state index contributed by atoms with van der Waals surface area (Å²) in [5.41, 5.74) is 2.73. The molecular weight excluding hydrogens is 600 g/mol. The molecule has 0 saturated heterocycles. The number of fused-ring (bicyclic) bond motifs is 2. The second kappa shape index (κ2) is 12.9. The first-order valence-electron chi connectivity index (χ1n) is 15.3. The van der Waals surface area contributed by atoms with Gasteiger partial charge in [-0.25, -0.2) is 19.0 Å². The Morgan fingerprint density at radius 2 is 0.771 bits per heavy atom. The van der Waals surface area contributed by atoms with Gasteiger partial charge in [-0.3, -0.25) is 0 Å². The van der Waals surface area contributed by atoms with Crippen molar-refractivity contribution in [1.29, 1.82) is 0 Å². The molecule has 4 heterocycles. The number of aromatic nitrogens is 4. The number of hydrogen-bond donors (Lipinski definition) is 0. The van der Waals surface area contributed by atoms with E-state index in [1.54, 1.807) is 48.5 Å². The molecule has 232 valence electrons. The highest BCUT2D eigenvalue weighted by Gasteiger charge is 2.22. The van der Waals surface area contributed by atoms with Crippen molar-refractivity contribution in [2.24, 2.45) is 0 Å². The lowest BCUT2D eigenvalue weighted by molar-refractivity contribution is -0.599. The minimum atomic E-state index is -0.206. The number of nitrogens with zero attached hydrogens (tertiary/aromatic N) is 4. The van der Waals surface area contributed by atoms with Gasteiger partial charge in [0, 0.05) is 23.3 Å². The molecule has 0 aliphatic carbocycles. The monoisotopic (exact) mass is 628 g/mol. The summed E-state index contributed by atoms with van der Waals surface area (Å²) < 4.78 is 4.38. The molecule has 0 atom stereocenters. The molecule has 0 saturated carbocycles. The minimum Gasteiger partial charge on any atom is -0.711 e. The van der Waals surface area contributed by atoms with E-state index in [1.807, 2.05) is 109 Å². The molecule has 0 aliphatic rings. The summed E-state index contributed by atoms with van der Waals surface area (Å²) in [7, 11) is 0. The third kappa shape index (κ3) is 5.59. The largest absolute Gasteiger partial charge is 0.711 e. The Balaban J connectivity index is 0.000000152. The summed E-state index contributed by atoms with van der Waals surface area (Å²) in [6, 6.07) is 48.0. The Kier molecular flexibility index (Phi) is 8.03. The van der Waals surface area contributed by atoms with Gasteiger partial charge < -0.3 is 10.4 Å². The van der Waals surface area contributed by atoms with E-state index < -0.39 is 0 Å². The van der Waals surface area contributed by atoms with Crippen molar-refractivity contribution in [2.45, 2.75) is 0 Å². The molecule has 0 radical (unpaired) electrons. The van der Waals surface area contributed by atoms with E-state index in [0.29, 0.717) is 31.6 Å². The zero-order valence-corrected chi connectivity index (χ0v) is 25.6. The third-order valence-electron chi connectivity index (χ3n) is 8.06. The quantitative estimate of drug-likeness (QED) is 0.162. The van der Waals surface area contributed by atoms with Gasteiger partial charge in [-0.1, -0.05) is 109 Å². The van der Waals surface area contributed by atoms with E-state index in [1.165, 1.54) is 21.5 Å². The molecule has 0 spiro atoms. The second-order valence-electron chi connectivity index (χ2n) is 11.0. The first-order chi connectivity index (χ1) is 23.5. The Labute approximate surface area is 275 Å². The second-order valence-corrected chi connectivity index (χ2v) is 11.0. The van der Waals surface area contributed by atoms with Gasteiger partial charge in [0.2, 0.25) is 0 Å². The van der Waals surface area contributed by atoms with Crippen LogP contribution in [-0.4, -0.2) is 9.13 Å². The molecule has 0 N–H and O–H groups in total. The smallest absolute Gasteiger partial charge is 0.347 e. The highest BCUT2D eigenvalue weighted by Crippen LogP contribution is 2.25. The Morgan fingerprint density at radius 1 is 0.417 bits per heavy atom. The van der Waals surface area contributed by atoms with Crippen molar-refractivity contribution >= 4 is 21.5 Å². The molecule has 0 unspecified atom stereocenters. The molecule has 0 amide bonds. The summed E-state index contributed by atoms with van der Waals surface area (Å²) >= 11 is 0. The molecule has 8 aromatic rings. The number of benzene rings is 4. The maximum Gasteiger partial charge on any atom is 0.347 e. The Hall–Kier alpha value is -6.80. The van der Waals surface area contributed by atoms with E-state index in [4.69, 9.17) is 0 Å². The standard InChI is InChI=1S/2C20H14N2O2/c2*23-20-17-11-5-4-10-16(17)14-18(15-8-2-1-3-9-15)22(20)19-12-6-7-13-21(19)24/h2*1-14H. The predicted molar refractivity (Wildman–Crippen MR) is 188 cm³/mol. The van der Waals surface area contributed by atoms with Crippen molar-refractivity contribution < 1.29 is 9.46 Å². The third-order valence-corrected chi connectivity index (χ3v) is 8.06. The van der Waals surface area contributed by atoms with Crippen molar-refractivity contribution in [3.8, 4) is 34.2 Å². The average Bonchev–Trinajstić information content (AvgIpc) is 3.13. The van der Waals surface area contributed by atoms with Crippen LogP contribution in [0.4, 0.5) is 0 Å². The molecule has 4 aromatic heterocycles. The first kappa shape index (κ1) is 29.9. The molecule has 48 heavy (non-hydrogen) atoms. The number of rotatable bonds is 4. The van der Waals surface area contributed by atoms with Gasteiger partial charge in [0.05, 0.1) is 23.2 Å². The normalized spacial score (nSPS) is 10.8. The number of hydrogen-bond acceptors (Lipinski definition) is 4. The molecule has 0 bridgehead atoms. The van der Waals surface area contributed by atoms with Gasteiger partial charge in [-0.05, 0) is 47.2 Å². The zero-order valence-electron chi connectivity index (χ0n) is 25.6. The lowest BCUT2D eigenvalue weighted by Crippen LogP contribution is -2.36. The van der Waals surface area contributed by atoms with Crippen molar-refractivity contribution in [3.63, 3.8) is 0 Å². The lowest BCUT2D eigenvalue weighted by Gasteiger charge is -2.12. The maximum absolute atomic E-state index is 13.1. The summed E-state index contributed by atoms with van der Waals surface area (Å²) in [6.45, 7) is 0. The van der Waals surface area contributed by atoms with E-state index in [2.05, 4.69) is 0 Å². The van der Waals surface area contributed by atoms with Gasteiger partial charge in [0.25, 0.3) is 11.6 Å². The van der Waals surface area contributed by atoms with Crippen molar-refractivity contribution in [3.05, 3.63) is 201 Å². The zero-order chi connectivity index (χ0) is 33.0. The topological polar surface area (TPSA) is 97.9 Å². The Morgan fingerprint density at radius 3 is 1.17 bits per heavy atom. The van der Waals surface area contributed by atoms with Crippen LogP contribution in [0.2, 0.25) is 0 Å². The van der Waals surface area contributed by atoms with Gasteiger partial charge in [-0.2, -0.15) is 9.13 Å². The van der Waals surface area contributed by atoms with E-state index in [-0.39, 0.29) is 22.8 Å². The van der Waals surface area contributed by atoms with Gasteiger partial charge in [-0.15, -0.1) is 0 Å². The SMILES string of the molecule is O=c1c2ccccc2cc(-c2ccccc2)n1-c1cccc[n+]1[O-].O=c1c2ccccc2cc(-c2ccccc2)n1-c1cccc[n+]1[O-]. The van der Waals surface area contributed by atoms with Gasteiger partial charge in [0.1, 0.15) is 11.4 Å². The van der Waals surface area contributed by atoms with E-state index in [9.17, 15) is 20.0 Å². The molecule has 8 nitrogen and oxygen atoms in total. The van der Waals surface area contributed by atoms with Crippen LogP contribution in [0.1, 0.15) is 0 Å². The van der Waals surface area contributed by atoms with Crippen LogP contribution in [0.3, 0.4) is 0 Å². The summed E-state index contributed by atoms with van der Waals surface area (Å²) in [6.07, 6.45) is 2.79. The van der Waals surface area contributed by atoms with Crippen LogP contribution < -0.4 is 20.6 Å². The van der Waals surface area contributed by atoms with Crippen LogP contribution in [0.15, 0.2) is 180 Å². The fourth-order valence-electron chi connectivity index (χ4n) is 5.80. The molecule has 0 fully saturated rings. The first-order valence-corrected chi connectivity index (χ1v) is 15.3. The highest BCUT2D eigenvalue weighted by atomic mass is 16.5. The molecule has 0 aliphatic heterocycles. The fourth-order valence-corrected chi connectivity index (χ4v) is 5.80. The molecule has 4 aromatic carbocycles. The van der Waals surface area contributed by atoms with Crippen LogP contribution in [-0.2, 0) is 0 Å². The van der Waals surface area contributed by atoms with Crippen LogP contribution >= 0.6 is 0 Å². The van der Waals surface area contributed by atoms with Crippen molar-refractivity contribution in [2.75, 3.05) is 0 Å². The fraction of sp³-hybridized carbons (Fsp3) is 0. The van der Waals surface area contributed by atoms with Crippen molar-refractivity contribution in [1.82, 2.24) is 9.13 Å².